The van der Waals surface area contributed by atoms with Crippen molar-refractivity contribution in [3.8, 4) is 0 Å². The second kappa shape index (κ2) is 5.19. The molecule has 0 aliphatic heterocycles. The predicted octanol–water partition coefficient (Wildman–Crippen LogP) is 1.96. The molecule has 2 atom stereocenters. The van der Waals surface area contributed by atoms with Crippen molar-refractivity contribution in [2.45, 2.75) is 25.3 Å². The molecule has 0 radical (unpaired) electrons. The third-order valence-electron chi connectivity index (χ3n) is 3.36. The van der Waals surface area contributed by atoms with E-state index in [9.17, 15) is 9.90 Å². The van der Waals surface area contributed by atoms with Crippen LogP contribution in [0.25, 0.3) is 0 Å². The molecule has 4 heteroatoms. The molecule has 0 heterocycles. The van der Waals surface area contributed by atoms with Crippen molar-refractivity contribution in [2.24, 2.45) is 5.92 Å². The van der Waals surface area contributed by atoms with Crippen molar-refractivity contribution >= 4 is 11.7 Å². The van der Waals surface area contributed by atoms with Crippen LogP contribution >= 0.6 is 0 Å². The van der Waals surface area contributed by atoms with Gasteiger partial charge in [-0.2, -0.15) is 0 Å². The highest BCUT2D eigenvalue weighted by Crippen LogP contribution is 2.28. The van der Waals surface area contributed by atoms with Gasteiger partial charge in [-0.15, -0.1) is 0 Å². The maximum Gasteiger partial charge on any atom is 0.335 e. The van der Waals surface area contributed by atoms with Gasteiger partial charge in [-0.25, -0.2) is 4.79 Å². The fourth-order valence-electron chi connectivity index (χ4n) is 2.40. The van der Waals surface area contributed by atoms with Crippen molar-refractivity contribution < 1.29 is 15.0 Å². The molecule has 17 heavy (non-hydrogen) atoms. The van der Waals surface area contributed by atoms with Crippen LogP contribution in [0.1, 0.15) is 29.6 Å². The number of carbonyl (C=O) groups is 1. The van der Waals surface area contributed by atoms with Crippen LogP contribution in [0.15, 0.2) is 24.3 Å². The largest absolute Gasteiger partial charge is 0.478 e. The molecule has 1 aromatic rings. The number of rotatable bonds is 4. The Bertz CT molecular complexity index is 405. The van der Waals surface area contributed by atoms with Gasteiger partial charge in [0.15, 0.2) is 0 Å². The Kier molecular flexibility index (Phi) is 3.64. The van der Waals surface area contributed by atoms with Crippen LogP contribution in [0.4, 0.5) is 5.69 Å². The van der Waals surface area contributed by atoms with Gasteiger partial charge in [0, 0.05) is 24.3 Å². The number of benzene rings is 1. The van der Waals surface area contributed by atoms with Crippen molar-refractivity contribution in [3.05, 3.63) is 29.8 Å². The lowest BCUT2D eigenvalue weighted by molar-refractivity contribution is 0.0697. The molecule has 0 aromatic heterocycles. The lowest BCUT2D eigenvalue weighted by Crippen LogP contribution is -2.26. The van der Waals surface area contributed by atoms with Gasteiger partial charge in [0.25, 0.3) is 0 Å². The second-order valence-corrected chi connectivity index (χ2v) is 4.51. The molecular weight excluding hydrogens is 218 g/mol. The lowest BCUT2D eigenvalue weighted by Gasteiger charge is -2.20. The molecule has 4 nitrogen and oxygen atoms in total. The smallest absolute Gasteiger partial charge is 0.335 e. The predicted molar refractivity (Wildman–Crippen MR) is 65.2 cm³/mol. The highest BCUT2D eigenvalue weighted by molar-refractivity contribution is 5.88. The number of carboxylic acid groups (broad SMARTS) is 1. The Hall–Kier alpha value is -1.55. The summed E-state index contributed by atoms with van der Waals surface area (Å²) in [6.45, 7) is 0.191. The summed E-state index contributed by atoms with van der Waals surface area (Å²) >= 11 is 0. The number of aliphatic hydroxyl groups excluding tert-OH is 1. The molecule has 3 N–H and O–H groups in total. The van der Waals surface area contributed by atoms with E-state index in [0.29, 0.717) is 0 Å². The molecule has 92 valence electrons. The first-order chi connectivity index (χ1) is 8.20. The van der Waals surface area contributed by atoms with Gasteiger partial charge in [-0.05, 0) is 31.0 Å². The van der Waals surface area contributed by atoms with E-state index in [1.54, 1.807) is 18.2 Å². The van der Waals surface area contributed by atoms with E-state index in [-0.39, 0.29) is 24.1 Å². The van der Waals surface area contributed by atoms with E-state index in [2.05, 4.69) is 5.32 Å². The molecule has 2 rings (SSSR count). The molecule has 1 saturated carbocycles. The third-order valence-corrected chi connectivity index (χ3v) is 3.36. The maximum absolute atomic E-state index is 10.8. The summed E-state index contributed by atoms with van der Waals surface area (Å²) in [6.07, 6.45) is 3.18. The summed E-state index contributed by atoms with van der Waals surface area (Å²) in [5.74, 6) is -0.637. The summed E-state index contributed by atoms with van der Waals surface area (Å²) in [7, 11) is 0. The van der Waals surface area contributed by atoms with Gasteiger partial charge in [0.1, 0.15) is 0 Å². The van der Waals surface area contributed by atoms with Crippen LogP contribution in [0.5, 0.6) is 0 Å². The number of carboxylic acids is 1. The quantitative estimate of drug-likeness (QED) is 0.746. The van der Waals surface area contributed by atoms with Crippen molar-refractivity contribution in [3.63, 3.8) is 0 Å². The molecule has 2 unspecified atom stereocenters. The van der Waals surface area contributed by atoms with Crippen LogP contribution in [0, 0.1) is 5.92 Å². The zero-order valence-electron chi connectivity index (χ0n) is 9.60. The third kappa shape index (κ3) is 2.77. The maximum atomic E-state index is 10.8. The minimum absolute atomic E-state index is 0.191. The Labute approximate surface area is 100 Å². The first kappa shape index (κ1) is 11.9. The monoisotopic (exact) mass is 235 g/mol. The Balaban J connectivity index is 2.07. The van der Waals surface area contributed by atoms with Crippen molar-refractivity contribution in [2.75, 3.05) is 11.9 Å². The van der Waals surface area contributed by atoms with E-state index in [0.717, 1.165) is 24.9 Å². The molecule has 1 fully saturated rings. The molecule has 1 aliphatic carbocycles. The standard InChI is InChI=1S/C13H17NO3/c15-8-10-4-2-6-12(10)14-11-5-1-3-9(7-11)13(16)17/h1,3,5,7,10,12,14-15H,2,4,6,8H2,(H,16,17). The fraction of sp³-hybridized carbons (Fsp3) is 0.462. The van der Waals surface area contributed by atoms with E-state index in [4.69, 9.17) is 5.11 Å². The molecule has 0 spiro atoms. The fourth-order valence-corrected chi connectivity index (χ4v) is 2.40. The average molecular weight is 235 g/mol. The molecular formula is C13H17NO3. The van der Waals surface area contributed by atoms with Gasteiger partial charge < -0.3 is 15.5 Å². The topological polar surface area (TPSA) is 69.6 Å². The Morgan fingerprint density at radius 3 is 2.94 bits per heavy atom. The van der Waals surface area contributed by atoms with Crippen molar-refractivity contribution in [1.82, 2.24) is 0 Å². The molecule has 0 saturated heterocycles. The Morgan fingerprint density at radius 2 is 2.24 bits per heavy atom. The van der Waals surface area contributed by atoms with Gasteiger partial charge in [-0.1, -0.05) is 12.5 Å². The molecule has 0 bridgehead atoms. The molecule has 1 aromatic carbocycles. The van der Waals surface area contributed by atoms with Crippen LogP contribution in [0.3, 0.4) is 0 Å². The number of hydrogen-bond donors (Lipinski definition) is 3. The zero-order valence-corrected chi connectivity index (χ0v) is 9.60. The van der Waals surface area contributed by atoms with Crippen LogP contribution in [-0.2, 0) is 0 Å². The first-order valence-corrected chi connectivity index (χ1v) is 5.91. The van der Waals surface area contributed by atoms with E-state index in [1.807, 2.05) is 6.07 Å². The van der Waals surface area contributed by atoms with Gasteiger partial charge in [-0.3, -0.25) is 0 Å². The number of aromatic carboxylic acids is 1. The summed E-state index contributed by atoms with van der Waals surface area (Å²) in [5.41, 5.74) is 1.10. The highest BCUT2D eigenvalue weighted by atomic mass is 16.4. The van der Waals surface area contributed by atoms with E-state index in [1.165, 1.54) is 0 Å². The summed E-state index contributed by atoms with van der Waals surface area (Å²) in [4.78, 5) is 10.8. The number of anilines is 1. The summed E-state index contributed by atoms with van der Waals surface area (Å²) in [6, 6.07) is 7.05. The first-order valence-electron chi connectivity index (χ1n) is 5.91. The zero-order chi connectivity index (χ0) is 12.3. The van der Waals surface area contributed by atoms with Gasteiger partial charge in [0.2, 0.25) is 0 Å². The summed E-state index contributed by atoms with van der Waals surface area (Å²) < 4.78 is 0. The molecule has 1 aliphatic rings. The van der Waals surface area contributed by atoms with Gasteiger partial charge in [0.05, 0.1) is 5.56 Å². The number of aliphatic hydroxyl groups is 1. The van der Waals surface area contributed by atoms with Crippen molar-refractivity contribution in [1.29, 1.82) is 0 Å². The molecule has 0 amide bonds. The van der Waals surface area contributed by atoms with E-state index < -0.39 is 5.97 Å². The lowest BCUT2D eigenvalue weighted by atomic mass is 10.0. The van der Waals surface area contributed by atoms with Crippen LogP contribution < -0.4 is 5.32 Å². The average Bonchev–Trinajstić information content (AvgIpc) is 2.76. The Morgan fingerprint density at radius 1 is 1.41 bits per heavy atom. The highest BCUT2D eigenvalue weighted by Gasteiger charge is 2.26. The normalized spacial score (nSPS) is 23.6. The van der Waals surface area contributed by atoms with Crippen LogP contribution in [-0.4, -0.2) is 28.8 Å². The number of nitrogens with one attached hydrogen (secondary N) is 1. The number of hydrogen-bond acceptors (Lipinski definition) is 3. The van der Waals surface area contributed by atoms with Crippen LogP contribution in [0.2, 0.25) is 0 Å². The van der Waals surface area contributed by atoms with E-state index >= 15 is 0 Å². The SMILES string of the molecule is O=C(O)c1cccc(NC2CCCC2CO)c1. The summed E-state index contributed by atoms with van der Waals surface area (Å²) in [5, 5.41) is 21.4. The van der Waals surface area contributed by atoms with Gasteiger partial charge >= 0.3 is 5.97 Å². The minimum Gasteiger partial charge on any atom is -0.478 e. The minimum atomic E-state index is -0.918. The second-order valence-electron chi connectivity index (χ2n) is 4.51.